The first kappa shape index (κ1) is 14.7. The number of rotatable bonds is 3. The molecule has 0 atom stereocenters. The normalized spacial score (nSPS) is 19.7. The predicted molar refractivity (Wildman–Crippen MR) is 76.7 cm³/mol. The topological polar surface area (TPSA) is 88.3 Å². The molecule has 0 amide bonds. The molecule has 1 aromatic heterocycles. The summed E-state index contributed by atoms with van der Waals surface area (Å²) < 4.78 is 16.6. The molecule has 106 valence electrons. The maximum Gasteiger partial charge on any atom is 0.496 e. The number of nitrogens with one attached hydrogen (secondary N) is 2. The summed E-state index contributed by atoms with van der Waals surface area (Å²) in [6.07, 6.45) is 3.85. The van der Waals surface area contributed by atoms with Crippen molar-refractivity contribution in [3.05, 3.63) is 24.0 Å². The molecule has 20 heavy (non-hydrogen) atoms. The van der Waals surface area contributed by atoms with Crippen molar-refractivity contribution in [2.24, 2.45) is 0 Å². The molecule has 1 aromatic rings. The molecule has 1 saturated heterocycles. The maximum absolute atomic E-state index is 7.66. The van der Waals surface area contributed by atoms with Crippen molar-refractivity contribution >= 4 is 24.9 Å². The van der Waals surface area contributed by atoms with Gasteiger partial charge >= 0.3 is 7.12 Å². The summed E-state index contributed by atoms with van der Waals surface area (Å²) in [5.41, 5.74) is 0.347. The molecule has 0 spiro atoms. The van der Waals surface area contributed by atoms with Crippen molar-refractivity contribution in [3.63, 3.8) is 0 Å². The zero-order chi connectivity index (χ0) is 15.0. The highest BCUT2D eigenvalue weighted by Crippen LogP contribution is 2.36. The van der Waals surface area contributed by atoms with Crippen LogP contribution in [0.5, 0.6) is 0 Å². The van der Waals surface area contributed by atoms with Crippen LogP contribution in [-0.2, 0) is 14.0 Å². The van der Waals surface area contributed by atoms with E-state index in [0.29, 0.717) is 12.0 Å². The highest BCUT2D eigenvalue weighted by Gasteiger charge is 2.51. The Labute approximate surface area is 118 Å². The lowest BCUT2D eigenvalue weighted by Gasteiger charge is -2.32. The van der Waals surface area contributed by atoms with E-state index in [2.05, 4.69) is 4.98 Å². The molecule has 0 bridgehead atoms. The molecule has 1 fully saturated rings. The van der Waals surface area contributed by atoms with Crippen molar-refractivity contribution in [2.45, 2.75) is 38.9 Å². The first-order chi connectivity index (χ1) is 9.27. The second-order valence-electron chi connectivity index (χ2n) is 5.66. The Kier molecular flexibility index (Phi) is 3.66. The van der Waals surface area contributed by atoms with Gasteiger partial charge in [0.15, 0.2) is 6.40 Å². The van der Waals surface area contributed by atoms with E-state index in [9.17, 15) is 0 Å². The maximum atomic E-state index is 7.66. The van der Waals surface area contributed by atoms with Gasteiger partial charge in [-0.2, -0.15) is 0 Å². The number of aromatic nitrogens is 1. The van der Waals surface area contributed by atoms with Crippen molar-refractivity contribution in [1.29, 1.82) is 10.8 Å². The lowest BCUT2D eigenvalue weighted by molar-refractivity contribution is 0.00578. The third-order valence-electron chi connectivity index (χ3n) is 3.72. The van der Waals surface area contributed by atoms with Crippen LogP contribution in [0, 0.1) is 10.8 Å². The van der Waals surface area contributed by atoms with Gasteiger partial charge in [0.2, 0.25) is 5.90 Å². The molecule has 0 radical (unpaired) electrons. The Balaban J connectivity index is 2.25. The summed E-state index contributed by atoms with van der Waals surface area (Å²) in [5.74, 6) is -0.133. The molecular formula is C13H18BN3O3. The summed E-state index contributed by atoms with van der Waals surface area (Å²) in [6, 6.07) is 1.72. The lowest BCUT2D eigenvalue weighted by Crippen LogP contribution is -2.41. The largest absolute Gasteiger partial charge is 0.496 e. The summed E-state index contributed by atoms with van der Waals surface area (Å²) in [6.45, 7) is 7.91. The molecule has 2 rings (SSSR count). The van der Waals surface area contributed by atoms with Gasteiger partial charge in [0.25, 0.3) is 0 Å². The van der Waals surface area contributed by atoms with Crippen LogP contribution in [0.4, 0.5) is 0 Å². The molecule has 2 N–H and O–H groups in total. The van der Waals surface area contributed by atoms with Gasteiger partial charge in [0.05, 0.1) is 16.8 Å². The standard InChI is InChI=1S/C13H18BN3O3/c1-12(2)13(3,4)20-14(19-12)10-5-9(6-17-7-10)11(16)18-8-15/h5-8,15-16H,1-4H3. The molecule has 1 aliphatic rings. The smallest absolute Gasteiger partial charge is 0.428 e. The van der Waals surface area contributed by atoms with Gasteiger partial charge in [0.1, 0.15) is 0 Å². The Hall–Kier alpha value is -1.73. The van der Waals surface area contributed by atoms with E-state index in [4.69, 9.17) is 24.9 Å². The average molecular weight is 275 g/mol. The second-order valence-corrected chi connectivity index (χ2v) is 5.66. The van der Waals surface area contributed by atoms with Gasteiger partial charge in [-0.15, -0.1) is 0 Å². The van der Waals surface area contributed by atoms with Crippen molar-refractivity contribution in [3.8, 4) is 0 Å². The number of hydrogen-bond donors (Lipinski definition) is 2. The van der Waals surface area contributed by atoms with Crippen LogP contribution in [0.25, 0.3) is 0 Å². The van der Waals surface area contributed by atoms with Gasteiger partial charge in [0, 0.05) is 17.9 Å². The summed E-state index contributed by atoms with van der Waals surface area (Å²) >= 11 is 0. The van der Waals surface area contributed by atoms with Crippen LogP contribution >= 0.6 is 0 Å². The molecule has 0 saturated carbocycles. The molecule has 0 unspecified atom stereocenters. The molecule has 6 nitrogen and oxygen atoms in total. The molecule has 1 aliphatic heterocycles. The van der Waals surface area contributed by atoms with Gasteiger partial charge in [-0.25, -0.2) is 0 Å². The molecular weight excluding hydrogens is 257 g/mol. The first-order valence-electron chi connectivity index (χ1n) is 6.32. The minimum absolute atomic E-state index is 0.133. The second kappa shape index (κ2) is 4.99. The van der Waals surface area contributed by atoms with Gasteiger partial charge < -0.3 is 14.0 Å². The average Bonchev–Trinajstić information content (AvgIpc) is 2.59. The van der Waals surface area contributed by atoms with E-state index in [-0.39, 0.29) is 5.90 Å². The van der Waals surface area contributed by atoms with Crippen LogP contribution in [0.15, 0.2) is 18.5 Å². The van der Waals surface area contributed by atoms with E-state index in [1.807, 2.05) is 27.7 Å². The predicted octanol–water partition coefficient (Wildman–Crippen LogP) is 1.33. The van der Waals surface area contributed by atoms with E-state index in [0.717, 1.165) is 5.46 Å². The summed E-state index contributed by atoms with van der Waals surface area (Å²) in [4.78, 5) is 4.07. The minimum atomic E-state index is -0.528. The fraction of sp³-hybridized carbons (Fsp3) is 0.462. The Morgan fingerprint density at radius 3 is 2.40 bits per heavy atom. The van der Waals surface area contributed by atoms with Crippen LogP contribution in [0.3, 0.4) is 0 Å². The van der Waals surface area contributed by atoms with Crippen LogP contribution in [-0.4, -0.2) is 35.6 Å². The number of ether oxygens (including phenoxy) is 1. The fourth-order valence-electron chi connectivity index (χ4n) is 1.82. The highest BCUT2D eigenvalue weighted by atomic mass is 16.7. The SMILES string of the molecule is CC1(C)OB(c2cncc(C(=N)OC=N)c2)OC1(C)C. The number of nitrogens with zero attached hydrogens (tertiary/aromatic N) is 1. The zero-order valence-electron chi connectivity index (χ0n) is 12.1. The molecule has 0 aromatic carbocycles. The Bertz CT molecular complexity index is 529. The van der Waals surface area contributed by atoms with Gasteiger partial charge in [-0.05, 0) is 33.8 Å². The van der Waals surface area contributed by atoms with E-state index < -0.39 is 18.3 Å². The van der Waals surface area contributed by atoms with Crippen molar-refractivity contribution in [2.75, 3.05) is 0 Å². The zero-order valence-corrected chi connectivity index (χ0v) is 12.1. The van der Waals surface area contributed by atoms with Crippen molar-refractivity contribution < 1.29 is 14.0 Å². The lowest BCUT2D eigenvalue weighted by atomic mass is 9.80. The third kappa shape index (κ3) is 2.59. The van der Waals surface area contributed by atoms with Crippen molar-refractivity contribution in [1.82, 2.24) is 4.98 Å². The summed E-state index contributed by atoms with van der Waals surface area (Å²) in [7, 11) is -0.528. The molecule has 2 heterocycles. The van der Waals surface area contributed by atoms with E-state index in [1.54, 1.807) is 12.3 Å². The monoisotopic (exact) mass is 275 g/mol. The van der Waals surface area contributed by atoms with E-state index >= 15 is 0 Å². The molecule has 0 aliphatic carbocycles. The Morgan fingerprint density at radius 2 is 1.85 bits per heavy atom. The highest BCUT2D eigenvalue weighted by molar-refractivity contribution is 6.62. The van der Waals surface area contributed by atoms with E-state index in [1.165, 1.54) is 6.20 Å². The van der Waals surface area contributed by atoms with Crippen LogP contribution < -0.4 is 5.46 Å². The van der Waals surface area contributed by atoms with Crippen LogP contribution in [0.2, 0.25) is 0 Å². The third-order valence-corrected chi connectivity index (χ3v) is 3.72. The Morgan fingerprint density at radius 1 is 1.25 bits per heavy atom. The number of hydrogen-bond acceptors (Lipinski definition) is 6. The fourth-order valence-corrected chi connectivity index (χ4v) is 1.82. The first-order valence-corrected chi connectivity index (χ1v) is 6.32. The van der Waals surface area contributed by atoms with Gasteiger partial charge in [-0.3, -0.25) is 15.8 Å². The van der Waals surface area contributed by atoms with Gasteiger partial charge in [-0.1, -0.05) is 0 Å². The summed E-state index contributed by atoms with van der Waals surface area (Å²) in [5, 5.41) is 14.5. The molecule has 7 heteroatoms. The minimum Gasteiger partial charge on any atom is -0.428 e. The number of pyridine rings is 1. The van der Waals surface area contributed by atoms with Crippen LogP contribution in [0.1, 0.15) is 33.3 Å². The quantitative estimate of drug-likeness (QED) is 0.495.